The summed E-state index contributed by atoms with van der Waals surface area (Å²) in [6, 6.07) is 4.26. The number of amides is 2. The Labute approximate surface area is 162 Å². The molecule has 0 spiro atoms. The van der Waals surface area contributed by atoms with Gasteiger partial charge in [-0.2, -0.15) is 0 Å². The SMILES string of the molecule is CCNC(=O)C1(NC(=O)c2ccc(-n3ccnc3)c([N+](=O)[O-])c2)CCCCC1. The maximum atomic E-state index is 12.9. The molecule has 28 heavy (non-hydrogen) atoms. The second kappa shape index (κ2) is 8.20. The number of nitrogens with one attached hydrogen (secondary N) is 2. The van der Waals surface area contributed by atoms with E-state index in [0.717, 1.165) is 19.3 Å². The normalized spacial score (nSPS) is 15.6. The molecule has 0 saturated heterocycles. The summed E-state index contributed by atoms with van der Waals surface area (Å²) in [7, 11) is 0. The van der Waals surface area contributed by atoms with Crippen molar-refractivity contribution >= 4 is 17.5 Å². The van der Waals surface area contributed by atoms with Crippen LogP contribution >= 0.6 is 0 Å². The van der Waals surface area contributed by atoms with Crippen LogP contribution in [0.15, 0.2) is 36.9 Å². The van der Waals surface area contributed by atoms with E-state index in [0.29, 0.717) is 25.1 Å². The van der Waals surface area contributed by atoms with Gasteiger partial charge < -0.3 is 15.2 Å². The fourth-order valence-electron chi connectivity index (χ4n) is 3.61. The summed E-state index contributed by atoms with van der Waals surface area (Å²) >= 11 is 0. The smallest absolute Gasteiger partial charge is 0.294 e. The van der Waals surface area contributed by atoms with Crippen molar-refractivity contribution in [3.63, 3.8) is 0 Å². The molecule has 1 aromatic carbocycles. The lowest BCUT2D eigenvalue weighted by atomic mass is 9.80. The topological polar surface area (TPSA) is 119 Å². The van der Waals surface area contributed by atoms with Gasteiger partial charge in [0.25, 0.3) is 11.6 Å². The first-order chi connectivity index (χ1) is 13.5. The van der Waals surface area contributed by atoms with Crippen LogP contribution in [0.5, 0.6) is 0 Å². The summed E-state index contributed by atoms with van der Waals surface area (Å²) in [4.78, 5) is 40.4. The molecule has 148 valence electrons. The molecule has 9 heteroatoms. The van der Waals surface area contributed by atoms with Gasteiger partial charge in [0.05, 0.1) is 11.3 Å². The highest BCUT2D eigenvalue weighted by atomic mass is 16.6. The number of imidazole rings is 1. The van der Waals surface area contributed by atoms with E-state index in [1.807, 2.05) is 6.92 Å². The van der Waals surface area contributed by atoms with Gasteiger partial charge in [0.2, 0.25) is 5.91 Å². The molecule has 0 atom stereocenters. The summed E-state index contributed by atoms with van der Waals surface area (Å²) in [5.74, 6) is -0.694. The zero-order valence-electron chi connectivity index (χ0n) is 15.7. The Morgan fingerprint density at radius 3 is 2.64 bits per heavy atom. The Kier molecular flexibility index (Phi) is 5.72. The van der Waals surface area contributed by atoms with E-state index in [2.05, 4.69) is 15.6 Å². The summed E-state index contributed by atoms with van der Waals surface area (Å²) in [5, 5.41) is 17.2. The molecule has 1 heterocycles. The number of nitrogens with zero attached hydrogens (tertiary/aromatic N) is 3. The van der Waals surface area contributed by atoms with E-state index in [-0.39, 0.29) is 17.2 Å². The quantitative estimate of drug-likeness (QED) is 0.584. The van der Waals surface area contributed by atoms with Crippen molar-refractivity contribution in [2.75, 3.05) is 6.54 Å². The van der Waals surface area contributed by atoms with Crippen molar-refractivity contribution in [3.8, 4) is 5.69 Å². The predicted molar refractivity (Wildman–Crippen MR) is 102 cm³/mol. The van der Waals surface area contributed by atoms with E-state index < -0.39 is 16.4 Å². The van der Waals surface area contributed by atoms with Gasteiger partial charge in [-0.1, -0.05) is 19.3 Å². The zero-order chi connectivity index (χ0) is 20.1. The molecule has 0 bridgehead atoms. The number of rotatable bonds is 6. The van der Waals surface area contributed by atoms with E-state index in [1.165, 1.54) is 35.3 Å². The lowest BCUT2D eigenvalue weighted by molar-refractivity contribution is -0.384. The average molecular weight is 385 g/mol. The fraction of sp³-hybridized carbons (Fsp3) is 0.421. The minimum Gasteiger partial charge on any atom is -0.354 e. The van der Waals surface area contributed by atoms with Crippen LogP contribution in [-0.4, -0.2) is 38.4 Å². The third-order valence-electron chi connectivity index (χ3n) is 5.05. The molecule has 0 radical (unpaired) electrons. The average Bonchev–Trinajstić information content (AvgIpc) is 3.23. The number of carbonyl (C=O) groups is 2. The van der Waals surface area contributed by atoms with Crippen LogP contribution in [0, 0.1) is 10.1 Å². The minimum atomic E-state index is -0.969. The van der Waals surface area contributed by atoms with Gasteiger partial charge in [0.15, 0.2) is 0 Å². The van der Waals surface area contributed by atoms with Gasteiger partial charge in [-0.25, -0.2) is 4.98 Å². The van der Waals surface area contributed by atoms with Crippen molar-refractivity contribution in [3.05, 3.63) is 52.6 Å². The number of carbonyl (C=O) groups excluding carboxylic acids is 2. The fourth-order valence-corrected chi connectivity index (χ4v) is 3.61. The molecule has 2 aromatic rings. The van der Waals surface area contributed by atoms with E-state index in [1.54, 1.807) is 6.20 Å². The molecule has 1 aliphatic rings. The third-order valence-corrected chi connectivity index (χ3v) is 5.05. The molecule has 9 nitrogen and oxygen atoms in total. The lowest BCUT2D eigenvalue weighted by Crippen LogP contribution is -2.59. The number of nitro benzene ring substituents is 1. The maximum Gasteiger partial charge on any atom is 0.294 e. The summed E-state index contributed by atoms with van der Waals surface area (Å²) in [5.41, 5.74) is -0.718. The first-order valence-corrected chi connectivity index (χ1v) is 9.34. The Hall–Kier alpha value is -3.23. The molecule has 1 aromatic heterocycles. The molecule has 1 saturated carbocycles. The number of likely N-dealkylation sites (N-methyl/N-ethyl adjacent to an activating group) is 1. The molecule has 1 aliphatic carbocycles. The van der Waals surface area contributed by atoms with Crippen LogP contribution < -0.4 is 10.6 Å². The molecule has 0 aliphatic heterocycles. The van der Waals surface area contributed by atoms with Crippen molar-refractivity contribution in [2.24, 2.45) is 0 Å². The van der Waals surface area contributed by atoms with E-state index >= 15 is 0 Å². The van der Waals surface area contributed by atoms with Crippen LogP contribution in [0.2, 0.25) is 0 Å². The molecule has 2 N–H and O–H groups in total. The highest BCUT2D eigenvalue weighted by Crippen LogP contribution is 2.30. The summed E-state index contributed by atoms with van der Waals surface area (Å²) < 4.78 is 1.51. The minimum absolute atomic E-state index is 0.143. The maximum absolute atomic E-state index is 12.9. The van der Waals surface area contributed by atoms with Crippen molar-refractivity contribution in [2.45, 2.75) is 44.6 Å². The summed E-state index contributed by atoms with van der Waals surface area (Å²) in [6.07, 6.45) is 8.38. The Morgan fingerprint density at radius 1 is 1.29 bits per heavy atom. The van der Waals surface area contributed by atoms with Crippen LogP contribution in [0.25, 0.3) is 5.69 Å². The monoisotopic (exact) mass is 385 g/mol. The molecule has 2 amide bonds. The highest BCUT2D eigenvalue weighted by Gasteiger charge is 2.40. The first kappa shape index (κ1) is 19.5. The standard InChI is InChI=1S/C19H23N5O4/c1-2-21-18(26)19(8-4-3-5-9-19)22-17(25)14-6-7-15(16(12-14)24(27)28)23-11-10-20-13-23/h6-7,10-13H,2-5,8-9H2,1H3,(H,21,26)(H,22,25). The Morgan fingerprint density at radius 2 is 2.04 bits per heavy atom. The van der Waals surface area contributed by atoms with Gasteiger partial charge in [0, 0.05) is 30.6 Å². The Bertz CT molecular complexity index is 872. The van der Waals surface area contributed by atoms with Gasteiger partial charge in [0.1, 0.15) is 11.2 Å². The van der Waals surface area contributed by atoms with Gasteiger partial charge >= 0.3 is 0 Å². The predicted octanol–water partition coefficient (Wildman–Crippen LogP) is 2.35. The van der Waals surface area contributed by atoms with Crippen LogP contribution in [0.4, 0.5) is 5.69 Å². The highest BCUT2D eigenvalue weighted by molar-refractivity contribution is 6.00. The largest absolute Gasteiger partial charge is 0.354 e. The number of hydrogen-bond acceptors (Lipinski definition) is 5. The number of nitro groups is 1. The van der Waals surface area contributed by atoms with Crippen molar-refractivity contribution < 1.29 is 14.5 Å². The number of hydrogen-bond donors (Lipinski definition) is 2. The molecule has 0 unspecified atom stereocenters. The lowest BCUT2D eigenvalue weighted by Gasteiger charge is -2.36. The Balaban J connectivity index is 1.90. The molecular formula is C19H23N5O4. The van der Waals surface area contributed by atoms with Crippen molar-refractivity contribution in [1.82, 2.24) is 20.2 Å². The number of benzene rings is 1. The van der Waals surface area contributed by atoms with E-state index in [9.17, 15) is 19.7 Å². The van der Waals surface area contributed by atoms with E-state index in [4.69, 9.17) is 0 Å². The van der Waals surface area contributed by atoms with Crippen LogP contribution in [0.1, 0.15) is 49.4 Å². The molecule has 3 rings (SSSR count). The van der Waals surface area contributed by atoms with Gasteiger partial charge in [-0.05, 0) is 31.9 Å². The third kappa shape index (κ3) is 3.88. The second-order valence-electron chi connectivity index (χ2n) is 6.89. The van der Waals surface area contributed by atoms with Gasteiger partial charge in [-0.15, -0.1) is 0 Å². The first-order valence-electron chi connectivity index (χ1n) is 9.34. The molecule has 1 fully saturated rings. The zero-order valence-corrected chi connectivity index (χ0v) is 15.7. The molecular weight excluding hydrogens is 362 g/mol. The number of aromatic nitrogens is 2. The van der Waals surface area contributed by atoms with Crippen molar-refractivity contribution in [1.29, 1.82) is 0 Å². The summed E-state index contributed by atoms with van der Waals surface area (Å²) in [6.45, 7) is 2.30. The van der Waals surface area contributed by atoms with Crippen LogP contribution in [-0.2, 0) is 4.79 Å². The van der Waals surface area contributed by atoms with Crippen LogP contribution in [0.3, 0.4) is 0 Å². The second-order valence-corrected chi connectivity index (χ2v) is 6.89. The van der Waals surface area contributed by atoms with Gasteiger partial charge in [-0.3, -0.25) is 19.7 Å².